The second kappa shape index (κ2) is 3.96. The van der Waals surface area contributed by atoms with Gasteiger partial charge in [0.05, 0.1) is 12.3 Å². The average Bonchev–Trinajstić information content (AvgIpc) is 2.55. The van der Waals surface area contributed by atoms with Crippen molar-refractivity contribution in [3.63, 3.8) is 0 Å². The fraction of sp³-hybridized carbons (Fsp3) is 0.200. The SMILES string of the molecule is O=C1[C@H](CO)NC(=S)N1c1ccccc1. The number of carbonyl (C=O) groups excluding carboxylic acids is 1. The van der Waals surface area contributed by atoms with Gasteiger partial charge in [-0.2, -0.15) is 0 Å². The number of aliphatic hydroxyl groups excluding tert-OH is 1. The van der Waals surface area contributed by atoms with E-state index in [9.17, 15) is 4.79 Å². The van der Waals surface area contributed by atoms with Crippen molar-refractivity contribution in [2.45, 2.75) is 6.04 Å². The number of nitrogens with zero attached hydrogens (tertiary/aromatic N) is 1. The Morgan fingerprint density at radius 2 is 2.07 bits per heavy atom. The number of benzene rings is 1. The van der Waals surface area contributed by atoms with Crippen LogP contribution in [-0.2, 0) is 4.79 Å². The number of anilines is 1. The molecule has 1 aromatic rings. The van der Waals surface area contributed by atoms with E-state index in [1.54, 1.807) is 12.1 Å². The van der Waals surface area contributed by atoms with Crippen LogP contribution in [-0.4, -0.2) is 28.8 Å². The molecule has 5 heteroatoms. The lowest BCUT2D eigenvalue weighted by molar-refractivity contribution is -0.119. The molecule has 2 rings (SSSR count). The van der Waals surface area contributed by atoms with Crippen molar-refractivity contribution < 1.29 is 9.90 Å². The topological polar surface area (TPSA) is 52.6 Å². The van der Waals surface area contributed by atoms with Crippen LogP contribution >= 0.6 is 12.2 Å². The van der Waals surface area contributed by atoms with Gasteiger partial charge in [-0.05, 0) is 24.4 Å². The van der Waals surface area contributed by atoms with Crippen LogP contribution in [0.3, 0.4) is 0 Å². The summed E-state index contributed by atoms with van der Waals surface area (Å²) in [6.45, 7) is -0.248. The first-order valence-electron chi connectivity index (χ1n) is 4.54. The Morgan fingerprint density at radius 3 is 2.60 bits per heavy atom. The number of rotatable bonds is 2. The molecule has 1 aliphatic rings. The zero-order valence-electron chi connectivity index (χ0n) is 7.88. The fourth-order valence-electron chi connectivity index (χ4n) is 1.48. The maximum atomic E-state index is 11.8. The summed E-state index contributed by atoms with van der Waals surface area (Å²) in [6.07, 6.45) is 0. The molecule has 0 aromatic heterocycles. The van der Waals surface area contributed by atoms with Crippen molar-refractivity contribution in [3.05, 3.63) is 30.3 Å². The number of hydrogen-bond acceptors (Lipinski definition) is 3. The van der Waals surface area contributed by atoms with Crippen LogP contribution in [0.1, 0.15) is 0 Å². The van der Waals surface area contributed by atoms with E-state index in [0.29, 0.717) is 5.11 Å². The van der Waals surface area contributed by atoms with Crippen LogP contribution in [0.25, 0.3) is 0 Å². The first-order valence-corrected chi connectivity index (χ1v) is 4.95. The number of nitrogens with one attached hydrogen (secondary N) is 1. The van der Waals surface area contributed by atoms with Gasteiger partial charge >= 0.3 is 0 Å². The van der Waals surface area contributed by atoms with Gasteiger partial charge in [-0.1, -0.05) is 18.2 Å². The Morgan fingerprint density at radius 1 is 1.40 bits per heavy atom. The maximum Gasteiger partial charge on any atom is 0.258 e. The summed E-state index contributed by atoms with van der Waals surface area (Å²) in [5.41, 5.74) is 0.718. The first kappa shape index (κ1) is 10.1. The second-order valence-electron chi connectivity index (χ2n) is 3.19. The normalized spacial score (nSPS) is 20.6. The van der Waals surface area contributed by atoms with Crippen molar-refractivity contribution >= 4 is 28.9 Å². The quantitative estimate of drug-likeness (QED) is 0.705. The van der Waals surface area contributed by atoms with Crippen molar-refractivity contribution in [2.24, 2.45) is 0 Å². The Bertz CT molecular complexity index is 394. The number of aliphatic hydroxyl groups is 1. The smallest absolute Gasteiger partial charge is 0.258 e. The molecule has 0 saturated carbocycles. The van der Waals surface area contributed by atoms with E-state index < -0.39 is 6.04 Å². The minimum atomic E-state index is -0.613. The highest BCUT2D eigenvalue weighted by Crippen LogP contribution is 2.18. The standard InChI is InChI=1S/C10H10N2O2S/c13-6-8-9(14)12(10(15)11-8)7-4-2-1-3-5-7/h1-5,8,13H,6H2,(H,11,15)/t8-/m0/s1. The summed E-state index contributed by atoms with van der Waals surface area (Å²) in [5.74, 6) is -0.214. The molecular formula is C10H10N2O2S. The van der Waals surface area contributed by atoms with E-state index >= 15 is 0 Å². The highest BCUT2D eigenvalue weighted by molar-refractivity contribution is 7.80. The van der Waals surface area contributed by atoms with Gasteiger partial charge in [0.1, 0.15) is 6.04 Å². The van der Waals surface area contributed by atoms with Gasteiger partial charge < -0.3 is 10.4 Å². The summed E-state index contributed by atoms with van der Waals surface area (Å²) in [5, 5.41) is 12.0. The van der Waals surface area contributed by atoms with E-state index in [0.717, 1.165) is 5.69 Å². The zero-order chi connectivity index (χ0) is 10.8. The first-order chi connectivity index (χ1) is 7.24. The predicted molar refractivity (Wildman–Crippen MR) is 60.5 cm³/mol. The number of para-hydroxylation sites is 1. The third kappa shape index (κ3) is 1.71. The van der Waals surface area contributed by atoms with E-state index in [1.807, 2.05) is 18.2 Å². The van der Waals surface area contributed by atoms with Crippen LogP contribution in [0, 0.1) is 0 Å². The van der Waals surface area contributed by atoms with Gasteiger partial charge in [0.15, 0.2) is 5.11 Å². The zero-order valence-corrected chi connectivity index (χ0v) is 8.70. The van der Waals surface area contributed by atoms with E-state index in [-0.39, 0.29) is 12.5 Å². The third-order valence-electron chi connectivity index (χ3n) is 2.22. The van der Waals surface area contributed by atoms with Gasteiger partial charge in [-0.3, -0.25) is 9.69 Å². The highest BCUT2D eigenvalue weighted by Gasteiger charge is 2.35. The van der Waals surface area contributed by atoms with Crippen LogP contribution < -0.4 is 10.2 Å². The number of amides is 1. The van der Waals surface area contributed by atoms with Crippen LogP contribution in [0.4, 0.5) is 5.69 Å². The molecule has 0 unspecified atom stereocenters. The molecule has 1 aliphatic heterocycles. The third-order valence-corrected chi connectivity index (χ3v) is 2.52. The van der Waals surface area contributed by atoms with Gasteiger partial charge in [0, 0.05) is 0 Å². The predicted octanol–water partition coefficient (Wildman–Crippen LogP) is 0.269. The molecule has 78 valence electrons. The van der Waals surface area contributed by atoms with E-state index in [2.05, 4.69) is 5.32 Å². The van der Waals surface area contributed by atoms with Crippen molar-refractivity contribution in [3.8, 4) is 0 Å². The van der Waals surface area contributed by atoms with Crippen LogP contribution in [0.5, 0.6) is 0 Å². The van der Waals surface area contributed by atoms with Gasteiger partial charge in [-0.25, -0.2) is 0 Å². The molecule has 1 amide bonds. The Hall–Kier alpha value is -1.46. The minimum Gasteiger partial charge on any atom is -0.394 e. The Kier molecular flexibility index (Phi) is 2.66. The largest absolute Gasteiger partial charge is 0.394 e. The molecular weight excluding hydrogens is 212 g/mol. The summed E-state index contributed by atoms with van der Waals surface area (Å²) < 4.78 is 0. The van der Waals surface area contributed by atoms with Crippen molar-refractivity contribution in [1.29, 1.82) is 0 Å². The second-order valence-corrected chi connectivity index (χ2v) is 3.58. The van der Waals surface area contributed by atoms with Crippen molar-refractivity contribution in [1.82, 2.24) is 5.32 Å². The molecule has 0 bridgehead atoms. The monoisotopic (exact) mass is 222 g/mol. The Balaban J connectivity index is 2.31. The molecule has 0 radical (unpaired) electrons. The molecule has 0 spiro atoms. The molecule has 4 nitrogen and oxygen atoms in total. The number of carbonyl (C=O) groups is 1. The lowest BCUT2D eigenvalue weighted by Gasteiger charge is -2.14. The van der Waals surface area contributed by atoms with E-state index in [4.69, 9.17) is 17.3 Å². The van der Waals surface area contributed by atoms with Gasteiger partial charge in [-0.15, -0.1) is 0 Å². The average molecular weight is 222 g/mol. The van der Waals surface area contributed by atoms with E-state index in [1.165, 1.54) is 4.90 Å². The maximum absolute atomic E-state index is 11.8. The van der Waals surface area contributed by atoms with Gasteiger partial charge in [0.25, 0.3) is 5.91 Å². The highest BCUT2D eigenvalue weighted by atomic mass is 32.1. The molecule has 1 atom stereocenters. The minimum absolute atomic E-state index is 0.214. The van der Waals surface area contributed by atoms with Crippen LogP contribution in [0.15, 0.2) is 30.3 Å². The molecule has 1 fully saturated rings. The van der Waals surface area contributed by atoms with Gasteiger partial charge in [0.2, 0.25) is 0 Å². The fourth-order valence-corrected chi connectivity index (χ4v) is 1.81. The molecule has 15 heavy (non-hydrogen) atoms. The number of hydrogen-bond donors (Lipinski definition) is 2. The lowest BCUT2D eigenvalue weighted by Crippen LogP contribution is -2.33. The molecule has 2 N–H and O–H groups in total. The Labute approximate surface area is 92.5 Å². The summed E-state index contributed by atoms with van der Waals surface area (Å²) in [6, 6.07) is 8.51. The molecule has 0 aliphatic carbocycles. The molecule has 1 heterocycles. The summed E-state index contributed by atoms with van der Waals surface area (Å²) in [4.78, 5) is 13.2. The lowest BCUT2D eigenvalue weighted by atomic mass is 10.2. The number of thiocarbonyl (C=S) groups is 1. The summed E-state index contributed by atoms with van der Waals surface area (Å²) >= 11 is 5.03. The van der Waals surface area contributed by atoms with Crippen LogP contribution in [0.2, 0.25) is 0 Å². The molecule has 1 saturated heterocycles. The molecule has 1 aromatic carbocycles. The van der Waals surface area contributed by atoms with Crippen molar-refractivity contribution in [2.75, 3.05) is 11.5 Å². The summed E-state index contributed by atoms with van der Waals surface area (Å²) in [7, 11) is 0.